The van der Waals surface area contributed by atoms with Crippen LogP contribution in [0.4, 0.5) is 4.79 Å². The minimum atomic E-state index is -0.674. The van der Waals surface area contributed by atoms with Gasteiger partial charge in [0.05, 0.1) is 16.3 Å². The second-order valence-electron chi connectivity index (χ2n) is 10.7. The third-order valence-electron chi connectivity index (χ3n) is 6.32. The molecule has 9 heteroatoms. The quantitative estimate of drug-likeness (QED) is 0.244. The Morgan fingerprint density at radius 3 is 2.67 bits per heavy atom. The van der Waals surface area contributed by atoms with Crippen LogP contribution in [0.15, 0.2) is 48.5 Å². The van der Waals surface area contributed by atoms with Crippen LogP contribution in [-0.4, -0.2) is 65.2 Å². The number of rotatable bonds is 6. The van der Waals surface area contributed by atoms with Gasteiger partial charge in [0.1, 0.15) is 16.7 Å². The van der Waals surface area contributed by atoms with Crippen molar-refractivity contribution in [3.63, 3.8) is 0 Å². The third kappa shape index (κ3) is 8.02. The van der Waals surface area contributed by atoms with Gasteiger partial charge in [-0.25, -0.2) is 14.7 Å². The normalized spacial score (nSPS) is 15.4. The predicted octanol–water partition coefficient (Wildman–Crippen LogP) is 5.37. The van der Waals surface area contributed by atoms with Crippen LogP contribution in [0.5, 0.6) is 0 Å². The second-order valence-corrected chi connectivity index (χ2v) is 11.8. The molecule has 1 aliphatic heterocycles. The fourth-order valence-electron chi connectivity index (χ4n) is 4.33. The fourth-order valence-corrected chi connectivity index (χ4v) is 5.37. The lowest BCUT2D eigenvalue weighted by atomic mass is 10.0. The van der Waals surface area contributed by atoms with Crippen molar-refractivity contribution in [1.82, 2.24) is 14.8 Å². The van der Waals surface area contributed by atoms with Crippen LogP contribution in [0.1, 0.15) is 62.3 Å². The van der Waals surface area contributed by atoms with Crippen molar-refractivity contribution in [3.8, 4) is 11.8 Å². The zero-order valence-corrected chi connectivity index (χ0v) is 23.9. The number of nitrogens with zero attached hydrogens (tertiary/aromatic N) is 3. The highest BCUT2D eigenvalue weighted by Gasteiger charge is 2.26. The molecule has 4 rings (SSSR count). The van der Waals surface area contributed by atoms with E-state index in [1.165, 1.54) is 0 Å². The SMILES string of the molecule is CN1CCC(OC(c2cccc(C#CCCN(C(=N)N)C(=O)OC(C)(C)C)c2)c2nc3ccccc3s2)CC1. The summed E-state index contributed by atoms with van der Waals surface area (Å²) in [6.45, 7) is 7.52. The largest absolute Gasteiger partial charge is 0.443 e. The lowest BCUT2D eigenvalue weighted by molar-refractivity contribution is -0.0234. The van der Waals surface area contributed by atoms with Crippen LogP contribution in [0.25, 0.3) is 10.2 Å². The van der Waals surface area contributed by atoms with Crippen molar-refractivity contribution in [1.29, 1.82) is 5.41 Å². The Morgan fingerprint density at radius 2 is 1.97 bits per heavy atom. The van der Waals surface area contributed by atoms with E-state index in [1.807, 2.05) is 30.3 Å². The van der Waals surface area contributed by atoms with Crippen LogP contribution in [0.2, 0.25) is 0 Å². The molecule has 1 aromatic heterocycles. The number of nitrogens with two attached hydrogens (primary N) is 1. The minimum Gasteiger partial charge on any atom is -0.443 e. The summed E-state index contributed by atoms with van der Waals surface area (Å²) in [7, 11) is 2.15. The van der Waals surface area contributed by atoms with Crippen LogP contribution in [-0.2, 0) is 9.47 Å². The fraction of sp³-hybridized carbons (Fsp3) is 0.433. The van der Waals surface area contributed by atoms with Gasteiger partial charge in [-0.2, -0.15) is 0 Å². The monoisotopic (exact) mass is 547 g/mol. The Morgan fingerprint density at radius 1 is 1.23 bits per heavy atom. The Labute approximate surface area is 234 Å². The first-order chi connectivity index (χ1) is 18.6. The van der Waals surface area contributed by atoms with Crippen molar-refractivity contribution in [2.45, 2.75) is 57.8 Å². The Hall–Kier alpha value is -3.45. The molecule has 1 unspecified atom stereocenters. The molecule has 0 aliphatic carbocycles. The van der Waals surface area contributed by atoms with Gasteiger partial charge in [-0.05, 0) is 70.5 Å². The number of para-hydroxylation sites is 1. The first-order valence-corrected chi connectivity index (χ1v) is 14.0. The molecule has 8 nitrogen and oxygen atoms in total. The molecule has 39 heavy (non-hydrogen) atoms. The van der Waals surface area contributed by atoms with Crippen molar-refractivity contribution in [2.24, 2.45) is 5.73 Å². The lowest BCUT2D eigenvalue weighted by Crippen LogP contribution is -2.44. The average Bonchev–Trinajstić information content (AvgIpc) is 3.31. The molecule has 0 spiro atoms. The summed E-state index contributed by atoms with van der Waals surface area (Å²) in [6, 6.07) is 16.2. The molecule has 1 fully saturated rings. The number of ether oxygens (including phenoxy) is 2. The van der Waals surface area contributed by atoms with Crippen LogP contribution in [0.3, 0.4) is 0 Å². The number of guanidine groups is 1. The highest BCUT2D eigenvalue weighted by molar-refractivity contribution is 7.18. The first kappa shape index (κ1) is 28.6. The van der Waals surface area contributed by atoms with Gasteiger partial charge in [0.2, 0.25) is 0 Å². The molecule has 0 saturated carbocycles. The van der Waals surface area contributed by atoms with E-state index in [0.717, 1.165) is 57.2 Å². The Balaban J connectivity index is 1.51. The predicted molar refractivity (Wildman–Crippen MR) is 156 cm³/mol. The maximum absolute atomic E-state index is 12.4. The number of amides is 1. The summed E-state index contributed by atoms with van der Waals surface area (Å²) in [4.78, 5) is 20.7. The number of nitrogens with one attached hydrogen (secondary N) is 1. The van der Waals surface area contributed by atoms with Gasteiger partial charge in [-0.15, -0.1) is 11.3 Å². The zero-order chi connectivity index (χ0) is 28.0. The van der Waals surface area contributed by atoms with Crippen molar-refractivity contribution in [3.05, 3.63) is 64.7 Å². The molecule has 1 aliphatic rings. The second kappa shape index (κ2) is 12.6. The van der Waals surface area contributed by atoms with Gasteiger partial charge in [0, 0.05) is 31.6 Å². The van der Waals surface area contributed by atoms with Crippen LogP contribution in [0, 0.1) is 17.3 Å². The number of carbonyl (C=O) groups is 1. The molecule has 2 heterocycles. The van der Waals surface area contributed by atoms with Gasteiger partial charge in [-0.1, -0.05) is 36.1 Å². The molecule has 1 amide bonds. The molecule has 2 aromatic carbocycles. The summed E-state index contributed by atoms with van der Waals surface area (Å²) in [5, 5.41) is 8.68. The molecule has 206 valence electrons. The van der Waals surface area contributed by atoms with Crippen molar-refractivity contribution < 1.29 is 14.3 Å². The number of aromatic nitrogens is 1. The number of carbonyl (C=O) groups excluding carboxylic acids is 1. The Kier molecular flexibility index (Phi) is 9.23. The Bertz CT molecular complexity index is 1330. The number of hydrogen-bond donors (Lipinski definition) is 2. The summed E-state index contributed by atoms with van der Waals surface area (Å²) >= 11 is 1.67. The van der Waals surface area contributed by atoms with Gasteiger partial charge in [0.25, 0.3) is 0 Å². The molecule has 0 bridgehead atoms. The summed E-state index contributed by atoms with van der Waals surface area (Å²) < 4.78 is 13.2. The number of likely N-dealkylation sites (tertiary alicyclic amines) is 1. The smallest absolute Gasteiger partial charge is 0.417 e. The number of fused-ring (bicyclic) bond motifs is 1. The molecular weight excluding hydrogens is 510 g/mol. The molecule has 1 atom stereocenters. The van der Waals surface area contributed by atoms with E-state index in [4.69, 9.17) is 25.6 Å². The van der Waals surface area contributed by atoms with E-state index in [1.54, 1.807) is 32.1 Å². The van der Waals surface area contributed by atoms with Gasteiger partial charge < -0.3 is 20.1 Å². The minimum absolute atomic E-state index is 0.165. The number of thiazole rings is 1. The maximum atomic E-state index is 12.4. The van der Waals surface area contributed by atoms with E-state index < -0.39 is 11.7 Å². The molecule has 1 saturated heterocycles. The van der Waals surface area contributed by atoms with E-state index in [0.29, 0.717) is 6.42 Å². The highest BCUT2D eigenvalue weighted by atomic mass is 32.1. The summed E-state index contributed by atoms with van der Waals surface area (Å²) in [6.07, 6.45) is 1.56. The molecule has 0 radical (unpaired) electrons. The number of hydrogen-bond acceptors (Lipinski definition) is 7. The topological polar surface area (TPSA) is 105 Å². The van der Waals surface area contributed by atoms with E-state index >= 15 is 0 Å². The van der Waals surface area contributed by atoms with Crippen molar-refractivity contribution >= 4 is 33.6 Å². The van der Waals surface area contributed by atoms with Gasteiger partial charge in [-0.3, -0.25) is 5.41 Å². The molecule has 3 aromatic rings. The van der Waals surface area contributed by atoms with Gasteiger partial charge >= 0.3 is 6.09 Å². The third-order valence-corrected chi connectivity index (χ3v) is 7.40. The van der Waals surface area contributed by atoms with E-state index in [-0.39, 0.29) is 24.7 Å². The summed E-state index contributed by atoms with van der Waals surface area (Å²) in [5.41, 5.74) is 7.77. The van der Waals surface area contributed by atoms with Crippen molar-refractivity contribution in [2.75, 3.05) is 26.7 Å². The van der Waals surface area contributed by atoms with Crippen LogP contribution >= 0.6 is 11.3 Å². The average molecular weight is 548 g/mol. The zero-order valence-electron chi connectivity index (χ0n) is 23.1. The molecule has 3 N–H and O–H groups in total. The van der Waals surface area contributed by atoms with E-state index in [2.05, 4.69) is 42.0 Å². The van der Waals surface area contributed by atoms with Crippen LogP contribution < -0.4 is 5.73 Å². The summed E-state index contributed by atoms with van der Waals surface area (Å²) in [5.74, 6) is 5.93. The number of piperidine rings is 1. The van der Waals surface area contributed by atoms with E-state index in [9.17, 15) is 4.79 Å². The standard InChI is InChI=1S/C30H37N5O3S/c1-30(2,3)38-29(36)35(28(31)32)17-8-7-10-21-11-9-12-22(20-21)26(37-23-15-18-34(4)19-16-23)27-33-24-13-5-6-14-25(24)39-27/h5-6,9,11-14,20,23,26H,8,15-19H2,1-4H3,(H3,31,32). The maximum Gasteiger partial charge on any atom is 0.417 e. The van der Waals surface area contributed by atoms with Gasteiger partial charge in [0.15, 0.2) is 5.96 Å². The first-order valence-electron chi connectivity index (χ1n) is 13.2. The molecular formula is C30H37N5O3S. The highest BCUT2D eigenvalue weighted by Crippen LogP contribution is 2.35. The number of benzene rings is 2. The lowest BCUT2D eigenvalue weighted by Gasteiger charge is -2.31.